The van der Waals surface area contributed by atoms with E-state index in [1.54, 1.807) is 0 Å². The summed E-state index contributed by atoms with van der Waals surface area (Å²) in [6, 6.07) is 3.08. The molecule has 1 aromatic carbocycles. The van der Waals surface area contributed by atoms with Crippen molar-refractivity contribution in [2.45, 2.75) is 17.3 Å². The fraction of sp³-hybridized carbons (Fsp3) is 0.333. The van der Waals surface area contributed by atoms with Crippen molar-refractivity contribution in [3.8, 4) is 11.5 Å². The Labute approximate surface area is 95.6 Å². The Balaban J connectivity index is 3.50. The van der Waals surface area contributed by atoms with Crippen LogP contribution in [0.3, 0.4) is 0 Å². The molecular weight excluding hydrogens is 261 g/mol. The van der Waals surface area contributed by atoms with Gasteiger partial charge in [-0.1, -0.05) is 6.07 Å². The van der Waals surface area contributed by atoms with E-state index in [9.17, 15) is 26.7 Å². The monoisotopic (exact) mass is 270 g/mol. The van der Waals surface area contributed by atoms with Crippen molar-refractivity contribution in [3.63, 3.8) is 0 Å². The molecule has 8 heteroatoms. The van der Waals surface area contributed by atoms with Gasteiger partial charge in [-0.05, 0) is 19.1 Å². The van der Waals surface area contributed by atoms with Crippen LogP contribution in [0.25, 0.3) is 0 Å². The van der Waals surface area contributed by atoms with Gasteiger partial charge in [0.25, 0.3) is 9.84 Å². The molecule has 0 radical (unpaired) electrons. The zero-order valence-electron chi connectivity index (χ0n) is 8.65. The number of aromatic hydroxyl groups is 1. The second-order valence-corrected chi connectivity index (χ2v) is 4.86. The Morgan fingerprint density at radius 1 is 1.35 bits per heavy atom. The molecule has 17 heavy (non-hydrogen) atoms. The van der Waals surface area contributed by atoms with E-state index in [4.69, 9.17) is 4.74 Å². The highest BCUT2D eigenvalue weighted by Crippen LogP contribution is 2.40. The first-order valence-corrected chi connectivity index (χ1v) is 5.96. The second kappa shape index (κ2) is 4.44. The number of phenols is 1. The predicted molar refractivity (Wildman–Crippen MR) is 52.5 cm³/mol. The van der Waals surface area contributed by atoms with Crippen LogP contribution in [0.1, 0.15) is 6.92 Å². The molecule has 0 amide bonds. The van der Waals surface area contributed by atoms with Gasteiger partial charge >= 0.3 is 5.51 Å². The van der Waals surface area contributed by atoms with Gasteiger partial charge in [0.2, 0.25) is 0 Å². The Hall–Kier alpha value is -1.44. The second-order valence-electron chi connectivity index (χ2n) is 2.99. The maximum absolute atomic E-state index is 12.4. The van der Waals surface area contributed by atoms with E-state index in [0.29, 0.717) is 0 Å². The van der Waals surface area contributed by atoms with Crippen molar-refractivity contribution in [2.24, 2.45) is 0 Å². The van der Waals surface area contributed by atoms with Gasteiger partial charge in [0, 0.05) is 0 Å². The van der Waals surface area contributed by atoms with Crippen molar-refractivity contribution in [1.29, 1.82) is 0 Å². The summed E-state index contributed by atoms with van der Waals surface area (Å²) in [7, 11) is -5.63. The average Bonchev–Trinajstić information content (AvgIpc) is 2.15. The molecule has 1 N–H and O–H groups in total. The Morgan fingerprint density at radius 2 is 1.94 bits per heavy atom. The topological polar surface area (TPSA) is 63.6 Å². The third-order valence-electron chi connectivity index (χ3n) is 1.83. The molecular formula is C9H9F3O4S. The van der Waals surface area contributed by atoms with Crippen molar-refractivity contribution < 1.29 is 31.4 Å². The number of benzene rings is 1. The highest BCUT2D eigenvalue weighted by molar-refractivity contribution is 7.92. The van der Waals surface area contributed by atoms with Crippen LogP contribution in [0.2, 0.25) is 0 Å². The molecule has 0 saturated carbocycles. The fourth-order valence-electron chi connectivity index (χ4n) is 1.16. The minimum Gasteiger partial charge on any atom is -0.506 e. The highest BCUT2D eigenvalue weighted by atomic mass is 32.2. The Kier molecular flexibility index (Phi) is 3.56. The van der Waals surface area contributed by atoms with Crippen LogP contribution < -0.4 is 4.74 Å². The van der Waals surface area contributed by atoms with Gasteiger partial charge in [-0.2, -0.15) is 13.2 Å². The lowest BCUT2D eigenvalue weighted by molar-refractivity contribution is -0.0438. The van der Waals surface area contributed by atoms with Crippen LogP contribution in [-0.2, 0) is 9.84 Å². The van der Waals surface area contributed by atoms with Crippen molar-refractivity contribution in [2.75, 3.05) is 6.61 Å². The zero-order valence-corrected chi connectivity index (χ0v) is 9.47. The van der Waals surface area contributed by atoms with E-state index in [2.05, 4.69) is 0 Å². The molecule has 4 nitrogen and oxygen atoms in total. The molecule has 0 aliphatic carbocycles. The van der Waals surface area contributed by atoms with Crippen LogP contribution in [0.4, 0.5) is 13.2 Å². The van der Waals surface area contributed by atoms with Crippen LogP contribution in [0.15, 0.2) is 23.1 Å². The smallest absolute Gasteiger partial charge is 0.502 e. The van der Waals surface area contributed by atoms with Crippen molar-refractivity contribution in [3.05, 3.63) is 18.2 Å². The Morgan fingerprint density at radius 3 is 2.41 bits per heavy atom. The number of alkyl halides is 3. The lowest BCUT2D eigenvalue weighted by atomic mass is 10.3. The molecule has 0 heterocycles. The third-order valence-corrected chi connectivity index (χ3v) is 3.39. The van der Waals surface area contributed by atoms with Gasteiger partial charge in [-0.3, -0.25) is 0 Å². The quantitative estimate of drug-likeness (QED) is 0.913. The lowest BCUT2D eigenvalue weighted by Gasteiger charge is -2.13. The van der Waals surface area contributed by atoms with Gasteiger partial charge in [-0.15, -0.1) is 0 Å². The largest absolute Gasteiger partial charge is 0.506 e. The minimum absolute atomic E-state index is 0.0240. The van der Waals surface area contributed by atoms with Crippen LogP contribution >= 0.6 is 0 Å². The summed E-state index contributed by atoms with van der Waals surface area (Å²) in [5.41, 5.74) is -5.49. The van der Waals surface area contributed by atoms with E-state index in [1.165, 1.54) is 13.0 Å². The van der Waals surface area contributed by atoms with E-state index >= 15 is 0 Å². The zero-order chi connectivity index (χ0) is 13.3. The number of ether oxygens (including phenoxy) is 1. The molecule has 1 rings (SSSR count). The SMILES string of the molecule is CCOc1cccc(O)c1S(=O)(=O)C(F)(F)F. The van der Waals surface area contributed by atoms with Crippen molar-refractivity contribution in [1.82, 2.24) is 0 Å². The van der Waals surface area contributed by atoms with Crippen LogP contribution in [-0.4, -0.2) is 25.6 Å². The van der Waals surface area contributed by atoms with E-state index in [0.717, 1.165) is 12.1 Å². The molecule has 0 bridgehead atoms. The van der Waals surface area contributed by atoms with Crippen molar-refractivity contribution >= 4 is 9.84 Å². The predicted octanol–water partition coefficient (Wildman–Crippen LogP) is 2.08. The summed E-state index contributed by atoms with van der Waals surface area (Å²) in [6.45, 7) is 1.46. The summed E-state index contributed by atoms with van der Waals surface area (Å²) in [6.07, 6.45) is 0. The average molecular weight is 270 g/mol. The molecule has 0 aliphatic rings. The number of hydrogen-bond donors (Lipinski definition) is 1. The maximum Gasteiger partial charge on any atom is 0.502 e. The number of rotatable bonds is 3. The first kappa shape index (κ1) is 13.6. The summed E-state index contributed by atoms with van der Waals surface area (Å²) < 4.78 is 64.3. The van der Waals surface area contributed by atoms with Gasteiger partial charge in [0.1, 0.15) is 11.5 Å². The molecule has 96 valence electrons. The fourth-order valence-corrected chi connectivity index (χ4v) is 2.13. The summed E-state index contributed by atoms with van der Waals surface area (Å²) in [4.78, 5) is -1.26. The van der Waals surface area contributed by atoms with Gasteiger partial charge < -0.3 is 9.84 Å². The molecule has 0 aliphatic heterocycles. The summed E-state index contributed by atoms with van der Waals surface area (Å²) in [5, 5.41) is 9.26. The lowest BCUT2D eigenvalue weighted by Crippen LogP contribution is -2.24. The number of sulfone groups is 1. The van der Waals surface area contributed by atoms with E-state index in [-0.39, 0.29) is 6.61 Å². The molecule has 0 saturated heterocycles. The van der Waals surface area contributed by atoms with Crippen LogP contribution in [0, 0.1) is 0 Å². The van der Waals surface area contributed by atoms with Gasteiger partial charge in [0.15, 0.2) is 4.90 Å². The Bertz CT molecular complexity index is 507. The van der Waals surface area contributed by atoms with E-state index < -0.39 is 31.7 Å². The maximum atomic E-state index is 12.4. The molecule has 0 aromatic heterocycles. The molecule has 0 fully saturated rings. The van der Waals surface area contributed by atoms with Gasteiger partial charge in [-0.25, -0.2) is 8.42 Å². The van der Waals surface area contributed by atoms with Gasteiger partial charge in [0.05, 0.1) is 6.61 Å². The first-order valence-electron chi connectivity index (χ1n) is 4.48. The van der Waals surface area contributed by atoms with Crippen LogP contribution in [0.5, 0.6) is 11.5 Å². The number of halogens is 3. The summed E-state index contributed by atoms with van der Waals surface area (Å²) >= 11 is 0. The normalized spacial score (nSPS) is 12.5. The van der Waals surface area contributed by atoms with E-state index in [1.807, 2.05) is 0 Å². The first-order chi connectivity index (χ1) is 7.71. The third kappa shape index (κ3) is 2.46. The number of hydrogen-bond acceptors (Lipinski definition) is 4. The molecule has 0 unspecified atom stereocenters. The number of phenolic OH excluding ortho intramolecular Hbond substituents is 1. The standard InChI is InChI=1S/C9H9F3O4S/c1-2-16-7-5-3-4-6(13)8(7)17(14,15)9(10,11)12/h3-5,13H,2H2,1H3. The highest BCUT2D eigenvalue weighted by Gasteiger charge is 2.49. The summed E-state index contributed by atoms with van der Waals surface area (Å²) in [5.74, 6) is -1.52. The molecule has 0 spiro atoms. The molecule has 1 aromatic rings. The minimum atomic E-state index is -5.63. The molecule has 0 atom stereocenters.